The standard InChI is InChI=1S/C12H24Si/c1-12(2,3)10-7-6-8-11(9-10)13(4)5/h10H,6-9H2,1-5H3. The molecule has 1 unspecified atom stereocenters. The molecule has 1 saturated carbocycles. The third kappa shape index (κ3) is 3.05. The molecule has 0 saturated heterocycles. The first kappa shape index (κ1) is 11.2. The Labute approximate surface area is 85.0 Å². The van der Waals surface area contributed by atoms with Crippen molar-refractivity contribution in [2.24, 2.45) is 11.3 Å². The summed E-state index contributed by atoms with van der Waals surface area (Å²) in [7, 11) is -0.111. The Morgan fingerprint density at radius 2 is 1.85 bits per heavy atom. The van der Waals surface area contributed by atoms with Gasteiger partial charge in [0.1, 0.15) is 0 Å². The molecule has 0 N–H and O–H groups in total. The van der Waals surface area contributed by atoms with Gasteiger partial charge in [-0.15, -0.1) is 0 Å². The summed E-state index contributed by atoms with van der Waals surface area (Å²) < 4.78 is 0. The van der Waals surface area contributed by atoms with Crippen molar-refractivity contribution >= 4 is 13.6 Å². The first-order valence-electron chi connectivity index (χ1n) is 5.56. The van der Waals surface area contributed by atoms with Crippen LogP contribution < -0.4 is 0 Å². The number of rotatable bonds is 0. The molecule has 0 aliphatic heterocycles. The van der Waals surface area contributed by atoms with E-state index in [0.29, 0.717) is 5.41 Å². The molecular weight excluding hydrogens is 172 g/mol. The highest BCUT2D eigenvalue weighted by Gasteiger charge is 2.27. The summed E-state index contributed by atoms with van der Waals surface area (Å²) in [5.74, 6) is 0.955. The van der Waals surface area contributed by atoms with Crippen LogP contribution in [0.4, 0.5) is 0 Å². The minimum atomic E-state index is -0.111. The second kappa shape index (κ2) is 4.08. The van der Waals surface area contributed by atoms with Crippen molar-refractivity contribution in [3.8, 4) is 0 Å². The molecule has 0 radical (unpaired) electrons. The monoisotopic (exact) mass is 196 g/mol. The van der Waals surface area contributed by atoms with E-state index in [9.17, 15) is 0 Å². The van der Waals surface area contributed by atoms with Crippen molar-refractivity contribution in [3.63, 3.8) is 0 Å². The quantitative estimate of drug-likeness (QED) is 0.518. The van der Waals surface area contributed by atoms with E-state index in [0.717, 1.165) is 5.92 Å². The zero-order valence-electron chi connectivity index (χ0n) is 9.91. The van der Waals surface area contributed by atoms with Gasteiger partial charge in [0.2, 0.25) is 0 Å². The molecule has 0 spiro atoms. The minimum absolute atomic E-state index is 0.111. The largest absolute Gasteiger partial charge is 0.0895 e. The van der Waals surface area contributed by atoms with Crippen LogP contribution >= 0.6 is 0 Å². The SMILES string of the molecule is C[Si](C)=C1CCCC(C(C)(C)C)C1. The summed E-state index contributed by atoms with van der Waals surface area (Å²) in [4.78, 5) is 0. The van der Waals surface area contributed by atoms with Crippen molar-refractivity contribution in [1.29, 1.82) is 0 Å². The van der Waals surface area contributed by atoms with Crippen LogP contribution in [0.5, 0.6) is 0 Å². The molecule has 0 aromatic rings. The highest BCUT2D eigenvalue weighted by Crippen LogP contribution is 2.36. The predicted octanol–water partition coefficient (Wildman–Crippen LogP) is 3.73. The Bertz CT molecular complexity index is 204. The van der Waals surface area contributed by atoms with Gasteiger partial charge in [-0.1, -0.05) is 39.0 Å². The zero-order valence-corrected chi connectivity index (χ0v) is 10.9. The fourth-order valence-corrected chi connectivity index (χ4v) is 3.59. The Morgan fingerprint density at radius 3 is 2.31 bits per heavy atom. The third-order valence-electron chi connectivity index (χ3n) is 3.46. The van der Waals surface area contributed by atoms with E-state index in [-0.39, 0.29) is 8.41 Å². The van der Waals surface area contributed by atoms with Crippen molar-refractivity contribution in [2.45, 2.75) is 59.5 Å². The number of hydrogen-bond acceptors (Lipinski definition) is 0. The maximum absolute atomic E-state index is 2.45. The molecular formula is C12H24Si. The summed E-state index contributed by atoms with van der Waals surface area (Å²) in [5, 5.41) is 1.91. The maximum atomic E-state index is 2.45. The van der Waals surface area contributed by atoms with Crippen LogP contribution in [0.25, 0.3) is 0 Å². The lowest BCUT2D eigenvalue weighted by molar-refractivity contribution is 0.221. The fraction of sp³-hybridized carbons (Fsp3) is 0.917. The molecule has 0 nitrogen and oxygen atoms in total. The molecule has 1 heteroatoms. The molecule has 0 aromatic heterocycles. The van der Waals surface area contributed by atoms with E-state index in [1.54, 1.807) is 0 Å². The molecule has 1 aliphatic carbocycles. The van der Waals surface area contributed by atoms with Gasteiger partial charge in [0.15, 0.2) is 0 Å². The fourth-order valence-electron chi connectivity index (χ4n) is 2.26. The predicted molar refractivity (Wildman–Crippen MR) is 63.9 cm³/mol. The second-order valence-corrected chi connectivity index (χ2v) is 8.47. The molecule has 1 aliphatic rings. The average Bonchev–Trinajstić information content (AvgIpc) is 2.03. The van der Waals surface area contributed by atoms with Crippen molar-refractivity contribution in [2.75, 3.05) is 0 Å². The van der Waals surface area contributed by atoms with Gasteiger partial charge in [0.25, 0.3) is 0 Å². The summed E-state index contributed by atoms with van der Waals surface area (Å²) >= 11 is 0. The Morgan fingerprint density at radius 1 is 1.23 bits per heavy atom. The van der Waals surface area contributed by atoms with Crippen LogP contribution in [0.15, 0.2) is 0 Å². The molecule has 1 fully saturated rings. The van der Waals surface area contributed by atoms with E-state index < -0.39 is 0 Å². The Hall–Kier alpha value is 0.0869. The summed E-state index contributed by atoms with van der Waals surface area (Å²) in [6, 6.07) is 0. The van der Waals surface area contributed by atoms with Crippen molar-refractivity contribution in [1.82, 2.24) is 0 Å². The molecule has 1 atom stereocenters. The highest BCUT2D eigenvalue weighted by molar-refractivity contribution is 6.69. The van der Waals surface area contributed by atoms with E-state index in [1.807, 2.05) is 5.17 Å². The van der Waals surface area contributed by atoms with Gasteiger partial charge in [0, 0.05) is 8.41 Å². The second-order valence-electron chi connectivity index (χ2n) is 5.76. The Balaban J connectivity index is 2.68. The molecule has 0 amide bonds. The lowest BCUT2D eigenvalue weighted by Crippen LogP contribution is -2.29. The third-order valence-corrected chi connectivity index (χ3v) is 5.32. The van der Waals surface area contributed by atoms with Gasteiger partial charge in [-0.3, -0.25) is 0 Å². The summed E-state index contributed by atoms with van der Waals surface area (Å²) in [5.41, 5.74) is 0.531. The zero-order chi connectivity index (χ0) is 10.1. The first-order chi connectivity index (χ1) is 5.91. The van der Waals surface area contributed by atoms with Crippen molar-refractivity contribution < 1.29 is 0 Å². The smallest absolute Gasteiger partial charge is 0.00224 e. The molecule has 1 rings (SSSR count). The van der Waals surface area contributed by atoms with Gasteiger partial charge in [-0.05, 0) is 37.0 Å². The maximum Gasteiger partial charge on any atom is 0.00224 e. The molecule has 0 heterocycles. The summed E-state index contributed by atoms with van der Waals surface area (Å²) in [6.45, 7) is 12.1. The van der Waals surface area contributed by atoms with E-state index in [4.69, 9.17) is 0 Å². The van der Waals surface area contributed by atoms with Crippen molar-refractivity contribution in [3.05, 3.63) is 0 Å². The van der Waals surface area contributed by atoms with Gasteiger partial charge in [0.05, 0.1) is 0 Å². The molecule has 0 bridgehead atoms. The van der Waals surface area contributed by atoms with Crippen LogP contribution in [0.2, 0.25) is 13.1 Å². The van der Waals surface area contributed by atoms with Gasteiger partial charge in [-0.25, -0.2) is 0 Å². The topological polar surface area (TPSA) is 0 Å². The van der Waals surface area contributed by atoms with Crippen LogP contribution in [0.1, 0.15) is 46.5 Å². The van der Waals surface area contributed by atoms with Crippen LogP contribution in [-0.4, -0.2) is 13.6 Å². The van der Waals surface area contributed by atoms with E-state index >= 15 is 0 Å². The van der Waals surface area contributed by atoms with Crippen LogP contribution in [0.3, 0.4) is 0 Å². The molecule has 13 heavy (non-hydrogen) atoms. The molecule has 76 valence electrons. The first-order valence-corrected chi connectivity index (χ1v) is 8.06. The van der Waals surface area contributed by atoms with Crippen LogP contribution in [-0.2, 0) is 0 Å². The highest BCUT2D eigenvalue weighted by atomic mass is 28.2. The number of hydrogen-bond donors (Lipinski definition) is 0. The van der Waals surface area contributed by atoms with E-state index in [2.05, 4.69) is 33.9 Å². The Kier molecular flexibility index (Phi) is 3.50. The lowest BCUT2D eigenvalue weighted by Gasteiger charge is -2.35. The lowest BCUT2D eigenvalue weighted by atomic mass is 9.72. The van der Waals surface area contributed by atoms with Crippen LogP contribution in [0, 0.1) is 11.3 Å². The van der Waals surface area contributed by atoms with Gasteiger partial charge >= 0.3 is 0 Å². The van der Waals surface area contributed by atoms with E-state index in [1.165, 1.54) is 25.7 Å². The minimum Gasteiger partial charge on any atom is -0.0895 e. The normalized spacial score (nSPS) is 24.7. The molecule has 0 aromatic carbocycles. The van der Waals surface area contributed by atoms with Gasteiger partial charge in [-0.2, -0.15) is 0 Å². The van der Waals surface area contributed by atoms with Gasteiger partial charge < -0.3 is 0 Å². The average molecular weight is 196 g/mol. The summed E-state index contributed by atoms with van der Waals surface area (Å²) in [6.07, 6.45) is 5.79.